The van der Waals surface area contributed by atoms with E-state index >= 15 is 0 Å². The number of nitrogens with zero attached hydrogens (tertiary/aromatic N) is 2. The Hall–Kier alpha value is -3.56. The van der Waals surface area contributed by atoms with Crippen molar-refractivity contribution in [2.24, 2.45) is 5.92 Å². The normalized spacial score (nSPS) is 15.3. The largest absolute Gasteiger partial charge is 0.493 e. The van der Waals surface area contributed by atoms with Crippen molar-refractivity contribution >= 4 is 29.5 Å². The predicted octanol–water partition coefficient (Wildman–Crippen LogP) is 5.18. The van der Waals surface area contributed by atoms with E-state index < -0.39 is 11.8 Å². The molecular formula is C26H25ClN2O4. The second-order valence-electron chi connectivity index (χ2n) is 8.11. The van der Waals surface area contributed by atoms with Crippen LogP contribution in [0.2, 0.25) is 5.02 Å². The summed E-state index contributed by atoms with van der Waals surface area (Å²) in [5.41, 5.74) is 2.30. The Bertz CT molecular complexity index is 1170. The topological polar surface area (TPSA) is 79.6 Å². The van der Waals surface area contributed by atoms with Crippen LogP contribution in [-0.2, 0) is 16.2 Å². The summed E-state index contributed by atoms with van der Waals surface area (Å²) in [6.07, 6.45) is 1.67. The van der Waals surface area contributed by atoms with Crippen LogP contribution in [0.5, 0.6) is 11.5 Å². The van der Waals surface area contributed by atoms with Crippen LogP contribution >= 0.6 is 11.6 Å². The molecule has 0 unspecified atom stereocenters. The van der Waals surface area contributed by atoms with E-state index in [1.807, 2.05) is 32.0 Å². The zero-order valence-electron chi connectivity index (χ0n) is 19.0. The lowest BCUT2D eigenvalue weighted by Crippen LogP contribution is -2.44. The number of hydrogen-bond acceptors (Lipinski definition) is 5. The molecule has 2 amide bonds. The fraction of sp³-hybridized carbons (Fsp3) is 0.269. The van der Waals surface area contributed by atoms with Gasteiger partial charge in [-0.1, -0.05) is 43.6 Å². The molecule has 170 valence electrons. The number of amides is 2. The molecule has 0 aliphatic carbocycles. The van der Waals surface area contributed by atoms with Crippen molar-refractivity contribution in [3.63, 3.8) is 0 Å². The summed E-state index contributed by atoms with van der Waals surface area (Å²) in [4.78, 5) is 26.8. The first-order valence-electron chi connectivity index (χ1n) is 10.5. The number of nitriles is 1. The third-order valence-corrected chi connectivity index (χ3v) is 5.43. The number of halogens is 1. The Labute approximate surface area is 198 Å². The van der Waals surface area contributed by atoms with Gasteiger partial charge >= 0.3 is 0 Å². The third-order valence-electron chi connectivity index (χ3n) is 5.18. The first-order valence-corrected chi connectivity index (χ1v) is 10.9. The number of carbonyl (C=O) groups is 2. The van der Waals surface area contributed by atoms with Crippen molar-refractivity contribution < 1.29 is 19.1 Å². The van der Waals surface area contributed by atoms with Gasteiger partial charge in [-0.05, 0) is 59.9 Å². The summed E-state index contributed by atoms with van der Waals surface area (Å²) in [7, 11) is 1.54. The molecule has 1 aliphatic rings. The molecule has 1 heterocycles. The van der Waals surface area contributed by atoms with Crippen molar-refractivity contribution in [3.05, 3.63) is 75.3 Å². The van der Waals surface area contributed by atoms with Gasteiger partial charge in [0.25, 0.3) is 11.8 Å². The summed E-state index contributed by atoms with van der Waals surface area (Å²) in [5.74, 6) is 0.168. The highest BCUT2D eigenvalue weighted by Gasteiger charge is 2.35. The molecule has 3 rings (SSSR count). The molecule has 6 nitrogen and oxygen atoms in total. The molecule has 0 radical (unpaired) electrons. The molecule has 1 aliphatic heterocycles. The number of rotatable bonds is 7. The number of hydrogen-bond donors (Lipinski definition) is 0. The molecule has 2 aromatic rings. The lowest BCUT2D eigenvalue weighted by molar-refractivity contribution is -0.141. The highest BCUT2D eigenvalue weighted by molar-refractivity contribution is 6.30. The number of imide groups is 1. The Morgan fingerprint density at radius 2 is 1.79 bits per heavy atom. The first kappa shape index (κ1) is 24.1. The molecule has 0 spiro atoms. The quantitative estimate of drug-likeness (QED) is 0.417. The number of methoxy groups -OCH3 is 1. The van der Waals surface area contributed by atoms with Crippen LogP contribution in [0.15, 0.2) is 59.2 Å². The molecular weight excluding hydrogens is 440 g/mol. The van der Waals surface area contributed by atoms with E-state index in [0.717, 1.165) is 10.5 Å². The van der Waals surface area contributed by atoms with Crippen molar-refractivity contribution in [1.82, 2.24) is 4.90 Å². The lowest BCUT2D eigenvalue weighted by atomic mass is 9.93. The zero-order valence-corrected chi connectivity index (χ0v) is 19.8. The minimum absolute atomic E-state index is 0.0172. The molecule has 7 heteroatoms. The van der Waals surface area contributed by atoms with Crippen LogP contribution < -0.4 is 9.47 Å². The van der Waals surface area contributed by atoms with Crippen LogP contribution in [0.3, 0.4) is 0 Å². The van der Waals surface area contributed by atoms with Crippen LogP contribution in [0.1, 0.15) is 31.9 Å². The van der Waals surface area contributed by atoms with E-state index in [-0.39, 0.29) is 18.0 Å². The average molecular weight is 465 g/mol. The Morgan fingerprint density at radius 1 is 1.09 bits per heavy atom. The molecule has 0 N–H and O–H groups in total. The second kappa shape index (κ2) is 10.4. The van der Waals surface area contributed by atoms with Gasteiger partial charge in [-0.25, -0.2) is 0 Å². The lowest BCUT2D eigenvalue weighted by Gasteiger charge is -2.28. The van der Waals surface area contributed by atoms with Crippen LogP contribution in [0.4, 0.5) is 0 Å². The van der Waals surface area contributed by atoms with Crippen LogP contribution in [0.25, 0.3) is 6.08 Å². The van der Waals surface area contributed by atoms with Crippen molar-refractivity contribution in [2.75, 3.05) is 13.7 Å². The maximum Gasteiger partial charge on any atom is 0.271 e. The first-order chi connectivity index (χ1) is 15.7. The Morgan fingerprint density at radius 3 is 2.39 bits per heavy atom. The van der Waals surface area contributed by atoms with Gasteiger partial charge in [0, 0.05) is 17.1 Å². The third kappa shape index (κ3) is 5.44. The fourth-order valence-corrected chi connectivity index (χ4v) is 3.59. The molecule has 33 heavy (non-hydrogen) atoms. The van der Waals surface area contributed by atoms with Crippen molar-refractivity contribution in [3.8, 4) is 17.6 Å². The van der Waals surface area contributed by atoms with E-state index in [0.29, 0.717) is 39.8 Å². The second-order valence-corrected chi connectivity index (χ2v) is 8.55. The van der Waals surface area contributed by atoms with Gasteiger partial charge in [-0.15, -0.1) is 0 Å². The summed E-state index contributed by atoms with van der Waals surface area (Å²) >= 11 is 5.92. The minimum atomic E-state index is -0.547. The summed E-state index contributed by atoms with van der Waals surface area (Å²) in [5, 5.41) is 10.2. The zero-order chi connectivity index (χ0) is 24.1. The van der Waals surface area contributed by atoms with Gasteiger partial charge in [-0.3, -0.25) is 14.5 Å². The van der Waals surface area contributed by atoms with E-state index in [1.165, 1.54) is 7.11 Å². The molecule has 0 aromatic heterocycles. The molecule has 2 aromatic carbocycles. The Balaban J connectivity index is 1.91. The number of ether oxygens (including phenoxy) is 2. The van der Waals surface area contributed by atoms with Gasteiger partial charge < -0.3 is 9.47 Å². The molecule has 0 atom stereocenters. The van der Waals surface area contributed by atoms with E-state index in [2.05, 4.69) is 0 Å². The van der Waals surface area contributed by atoms with Crippen LogP contribution in [-0.4, -0.2) is 30.4 Å². The summed E-state index contributed by atoms with van der Waals surface area (Å²) in [6.45, 7) is 6.03. The van der Waals surface area contributed by atoms with Gasteiger partial charge in [0.15, 0.2) is 11.5 Å². The molecule has 0 saturated heterocycles. The number of carbonyl (C=O) groups excluding carboxylic acids is 2. The SMILES string of the molecule is COc1cc(/C=C2/C(=O)N(CC(C)C)C(=O)C(C#N)=C2C)ccc1OCc1ccc(Cl)cc1. The van der Waals surface area contributed by atoms with Crippen LogP contribution in [0, 0.1) is 17.2 Å². The standard InChI is InChI=1S/C26H25ClN2O4/c1-16(2)14-29-25(30)21(17(3)22(13-28)26(29)31)11-19-7-10-23(24(12-19)32-4)33-15-18-5-8-20(27)9-6-18/h5-12,16H,14-15H2,1-4H3/b21-11+. The predicted molar refractivity (Wildman–Crippen MR) is 127 cm³/mol. The molecule has 0 saturated carbocycles. The van der Waals surface area contributed by atoms with Gasteiger partial charge in [-0.2, -0.15) is 5.26 Å². The Kier molecular flexibility index (Phi) is 7.57. The maximum atomic E-state index is 13.1. The van der Waals surface area contributed by atoms with E-state index in [9.17, 15) is 14.9 Å². The highest BCUT2D eigenvalue weighted by Crippen LogP contribution is 2.32. The fourth-order valence-electron chi connectivity index (χ4n) is 3.46. The smallest absolute Gasteiger partial charge is 0.271 e. The molecule has 0 bridgehead atoms. The van der Waals surface area contributed by atoms with Gasteiger partial charge in [0.1, 0.15) is 18.2 Å². The van der Waals surface area contributed by atoms with Gasteiger partial charge in [0.2, 0.25) is 0 Å². The van der Waals surface area contributed by atoms with Gasteiger partial charge in [0.05, 0.1) is 7.11 Å². The maximum absolute atomic E-state index is 13.1. The monoisotopic (exact) mass is 464 g/mol. The summed E-state index contributed by atoms with van der Waals surface area (Å²) in [6, 6.07) is 14.6. The highest BCUT2D eigenvalue weighted by atomic mass is 35.5. The minimum Gasteiger partial charge on any atom is -0.493 e. The van der Waals surface area contributed by atoms with E-state index in [4.69, 9.17) is 21.1 Å². The van der Waals surface area contributed by atoms with Crippen molar-refractivity contribution in [2.45, 2.75) is 27.4 Å². The van der Waals surface area contributed by atoms with Crippen molar-refractivity contribution in [1.29, 1.82) is 5.26 Å². The number of benzene rings is 2. The average Bonchev–Trinajstić information content (AvgIpc) is 2.79. The summed E-state index contributed by atoms with van der Waals surface area (Å²) < 4.78 is 11.4. The van der Waals surface area contributed by atoms with E-state index in [1.54, 1.807) is 43.3 Å². The molecule has 0 fully saturated rings.